The first-order valence-corrected chi connectivity index (χ1v) is 8.54. The van der Waals surface area contributed by atoms with Crippen molar-refractivity contribution in [2.24, 2.45) is 5.92 Å². The molecular weight excluding hydrogens is 262 g/mol. The Morgan fingerprint density at radius 1 is 1.17 bits per heavy atom. The number of hydrogen-bond donors (Lipinski definition) is 1. The molecule has 2 aliphatic carbocycles. The lowest BCUT2D eigenvalue weighted by molar-refractivity contribution is 0.320. The molecule has 1 saturated carbocycles. The van der Waals surface area contributed by atoms with E-state index >= 15 is 0 Å². The van der Waals surface area contributed by atoms with E-state index < -0.39 is 0 Å². The van der Waals surface area contributed by atoms with Gasteiger partial charge in [0.25, 0.3) is 0 Å². The van der Waals surface area contributed by atoms with E-state index in [0.717, 1.165) is 10.3 Å². The van der Waals surface area contributed by atoms with Crippen LogP contribution in [0.15, 0.2) is 6.07 Å². The molecule has 1 heterocycles. The molecule has 1 atom stereocenters. The topological polar surface area (TPSA) is 12.0 Å². The summed E-state index contributed by atoms with van der Waals surface area (Å²) in [5.41, 5.74) is 1.49. The van der Waals surface area contributed by atoms with Gasteiger partial charge in [-0.25, -0.2) is 0 Å². The van der Waals surface area contributed by atoms with Crippen LogP contribution in [0.2, 0.25) is 4.34 Å². The van der Waals surface area contributed by atoms with Crippen molar-refractivity contribution in [2.75, 3.05) is 6.54 Å². The van der Waals surface area contributed by atoms with E-state index in [2.05, 4.69) is 11.4 Å². The SMILES string of the molecule is Clc1cc2c(s1)CCCC2NCC1CCCCC1. The molecular formula is C15H22ClNS. The van der Waals surface area contributed by atoms with Crippen molar-refractivity contribution in [2.45, 2.75) is 57.4 Å². The molecule has 0 aromatic carbocycles. The molecule has 0 aliphatic heterocycles. The minimum Gasteiger partial charge on any atom is -0.310 e. The van der Waals surface area contributed by atoms with Crippen LogP contribution in [0.25, 0.3) is 0 Å². The molecule has 18 heavy (non-hydrogen) atoms. The zero-order valence-corrected chi connectivity index (χ0v) is 12.5. The van der Waals surface area contributed by atoms with Crippen molar-refractivity contribution < 1.29 is 0 Å². The smallest absolute Gasteiger partial charge is 0.0934 e. The average Bonchev–Trinajstić information content (AvgIpc) is 2.78. The van der Waals surface area contributed by atoms with Crippen LogP contribution in [0.4, 0.5) is 0 Å². The van der Waals surface area contributed by atoms with Gasteiger partial charge in [0, 0.05) is 10.9 Å². The van der Waals surface area contributed by atoms with Gasteiger partial charge in [-0.3, -0.25) is 0 Å². The number of halogens is 1. The predicted octanol–water partition coefficient (Wildman–Crippen LogP) is 4.95. The van der Waals surface area contributed by atoms with Gasteiger partial charge in [0.05, 0.1) is 4.34 Å². The summed E-state index contributed by atoms with van der Waals surface area (Å²) < 4.78 is 0.964. The Morgan fingerprint density at radius 2 is 2.00 bits per heavy atom. The number of thiophene rings is 1. The molecule has 0 radical (unpaired) electrons. The maximum absolute atomic E-state index is 6.16. The van der Waals surface area contributed by atoms with Crippen molar-refractivity contribution in [3.05, 3.63) is 20.8 Å². The Morgan fingerprint density at radius 3 is 2.83 bits per heavy atom. The second-order valence-corrected chi connectivity index (χ2v) is 7.55. The molecule has 0 bridgehead atoms. The quantitative estimate of drug-likeness (QED) is 0.828. The normalized spacial score (nSPS) is 25.1. The molecule has 1 aromatic rings. The Balaban J connectivity index is 1.59. The van der Waals surface area contributed by atoms with Gasteiger partial charge in [0.2, 0.25) is 0 Å². The summed E-state index contributed by atoms with van der Waals surface area (Å²) in [7, 11) is 0. The van der Waals surface area contributed by atoms with Crippen LogP contribution in [-0.2, 0) is 6.42 Å². The Hall–Kier alpha value is -0.0500. The summed E-state index contributed by atoms with van der Waals surface area (Å²) in [6, 6.07) is 2.76. The standard InChI is InChI=1S/C15H22ClNS/c16-15-9-12-13(7-4-8-14(12)18-15)17-10-11-5-2-1-3-6-11/h9,11,13,17H,1-8,10H2. The van der Waals surface area contributed by atoms with Crippen LogP contribution >= 0.6 is 22.9 Å². The zero-order valence-electron chi connectivity index (χ0n) is 10.9. The van der Waals surface area contributed by atoms with Crippen molar-refractivity contribution in [3.8, 4) is 0 Å². The molecule has 3 heteroatoms. The minimum atomic E-state index is 0.569. The van der Waals surface area contributed by atoms with Gasteiger partial charge >= 0.3 is 0 Å². The van der Waals surface area contributed by atoms with Crippen LogP contribution in [0.3, 0.4) is 0 Å². The molecule has 0 saturated heterocycles. The highest BCUT2D eigenvalue weighted by Gasteiger charge is 2.23. The monoisotopic (exact) mass is 283 g/mol. The third-order valence-electron chi connectivity index (χ3n) is 4.46. The van der Waals surface area contributed by atoms with Crippen LogP contribution in [0.1, 0.15) is 61.4 Å². The van der Waals surface area contributed by atoms with Crippen LogP contribution in [0.5, 0.6) is 0 Å². The maximum atomic E-state index is 6.16. The fraction of sp³-hybridized carbons (Fsp3) is 0.733. The van der Waals surface area contributed by atoms with Gasteiger partial charge in [-0.15, -0.1) is 11.3 Å². The summed E-state index contributed by atoms with van der Waals surface area (Å²) in [5.74, 6) is 0.915. The second-order valence-electron chi connectivity index (χ2n) is 5.79. The summed E-state index contributed by atoms with van der Waals surface area (Å²) in [4.78, 5) is 1.52. The van der Waals surface area contributed by atoms with E-state index in [4.69, 9.17) is 11.6 Å². The maximum Gasteiger partial charge on any atom is 0.0934 e. The van der Waals surface area contributed by atoms with E-state index in [0.29, 0.717) is 6.04 Å². The predicted molar refractivity (Wildman–Crippen MR) is 79.6 cm³/mol. The van der Waals surface area contributed by atoms with Crippen molar-refractivity contribution >= 4 is 22.9 Å². The number of aryl methyl sites for hydroxylation is 1. The summed E-state index contributed by atoms with van der Waals surface area (Å²) >= 11 is 7.94. The number of hydrogen-bond acceptors (Lipinski definition) is 2. The summed E-state index contributed by atoms with van der Waals surface area (Å²) in [6.07, 6.45) is 11.0. The zero-order chi connectivity index (χ0) is 12.4. The summed E-state index contributed by atoms with van der Waals surface area (Å²) in [5, 5.41) is 3.81. The number of rotatable bonds is 3. The molecule has 2 aliphatic rings. The molecule has 1 nitrogen and oxygen atoms in total. The molecule has 100 valence electrons. The lowest BCUT2D eigenvalue weighted by Gasteiger charge is -2.28. The first-order valence-electron chi connectivity index (χ1n) is 7.34. The first-order chi connectivity index (χ1) is 8.83. The van der Waals surface area contributed by atoms with Crippen LogP contribution in [0, 0.1) is 5.92 Å². The Labute approximate surface area is 119 Å². The third kappa shape index (κ3) is 2.92. The fourth-order valence-electron chi connectivity index (χ4n) is 3.43. The van der Waals surface area contributed by atoms with E-state index in [1.54, 1.807) is 11.3 Å². The minimum absolute atomic E-state index is 0.569. The molecule has 1 aromatic heterocycles. The van der Waals surface area contributed by atoms with E-state index in [1.165, 1.54) is 68.4 Å². The molecule has 3 rings (SSSR count). The van der Waals surface area contributed by atoms with Crippen LogP contribution < -0.4 is 5.32 Å². The second kappa shape index (κ2) is 5.94. The molecule has 0 spiro atoms. The van der Waals surface area contributed by atoms with Crippen LogP contribution in [-0.4, -0.2) is 6.54 Å². The van der Waals surface area contributed by atoms with Gasteiger partial charge in [-0.1, -0.05) is 30.9 Å². The Bertz CT molecular complexity index is 395. The van der Waals surface area contributed by atoms with E-state index in [9.17, 15) is 0 Å². The molecule has 1 unspecified atom stereocenters. The highest BCUT2D eigenvalue weighted by molar-refractivity contribution is 7.16. The molecule has 1 N–H and O–H groups in total. The fourth-order valence-corrected chi connectivity index (χ4v) is 4.82. The van der Waals surface area contributed by atoms with Crippen molar-refractivity contribution in [1.29, 1.82) is 0 Å². The van der Waals surface area contributed by atoms with Crippen molar-refractivity contribution in [1.82, 2.24) is 5.32 Å². The third-order valence-corrected chi connectivity index (χ3v) is 5.80. The first kappa shape index (κ1) is 13.0. The van der Waals surface area contributed by atoms with Gasteiger partial charge in [-0.05, 0) is 56.2 Å². The molecule has 1 fully saturated rings. The van der Waals surface area contributed by atoms with Gasteiger partial charge in [-0.2, -0.15) is 0 Å². The Kier molecular flexibility index (Phi) is 4.27. The van der Waals surface area contributed by atoms with Crippen molar-refractivity contribution in [3.63, 3.8) is 0 Å². The lowest BCUT2D eigenvalue weighted by atomic mass is 9.88. The number of fused-ring (bicyclic) bond motifs is 1. The van der Waals surface area contributed by atoms with E-state index in [1.807, 2.05) is 0 Å². The average molecular weight is 284 g/mol. The highest BCUT2D eigenvalue weighted by Crippen LogP contribution is 2.38. The van der Waals surface area contributed by atoms with Gasteiger partial charge < -0.3 is 5.32 Å². The van der Waals surface area contributed by atoms with Gasteiger partial charge in [0.1, 0.15) is 0 Å². The van der Waals surface area contributed by atoms with Gasteiger partial charge in [0.15, 0.2) is 0 Å². The van der Waals surface area contributed by atoms with E-state index in [-0.39, 0.29) is 0 Å². The highest BCUT2D eigenvalue weighted by atomic mass is 35.5. The summed E-state index contributed by atoms with van der Waals surface area (Å²) in [6.45, 7) is 1.21. The molecule has 0 amide bonds. The largest absolute Gasteiger partial charge is 0.310 e. The lowest BCUT2D eigenvalue weighted by Crippen LogP contribution is -2.30. The number of nitrogens with one attached hydrogen (secondary N) is 1.